The molecule has 0 bridgehead atoms. The van der Waals surface area contributed by atoms with Gasteiger partial charge in [0, 0.05) is 48.3 Å². The van der Waals surface area contributed by atoms with E-state index in [2.05, 4.69) is 21.2 Å². The number of rotatable bonds is 2. The van der Waals surface area contributed by atoms with Crippen LogP contribution in [0.2, 0.25) is 0 Å². The number of aryl methyl sites for hydroxylation is 1. The Bertz CT molecular complexity index is 810. The number of amides is 1. The molecule has 2 aliphatic heterocycles. The zero-order chi connectivity index (χ0) is 17.5. The van der Waals surface area contributed by atoms with Gasteiger partial charge in [-0.25, -0.2) is 4.98 Å². The average molecular weight is 390 g/mol. The van der Waals surface area contributed by atoms with Crippen LogP contribution >= 0.6 is 22.7 Å². The summed E-state index contributed by atoms with van der Waals surface area (Å²) in [5, 5.41) is 3.26. The number of ether oxygens (including phenoxy) is 1. The van der Waals surface area contributed by atoms with Crippen molar-refractivity contribution in [1.82, 2.24) is 9.88 Å². The lowest BCUT2D eigenvalue weighted by molar-refractivity contribution is -0.136. The quantitative estimate of drug-likeness (QED) is 0.792. The van der Waals surface area contributed by atoms with E-state index in [0.717, 1.165) is 75.9 Å². The number of anilines is 1. The highest BCUT2D eigenvalue weighted by atomic mass is 32.1. The second-order valence-corrected chi connectivity index (χ2v) is 9.35. The van der Waals surface area contributed by atoms with E-state index in [9.17, 15) is 4.79 Å². The molecule has 26 heavy (non-hydrogen) atoms. The number of nitrogens with zero attached hydrogens (tertiary/aromatic N) is 3. The van der Waals surface area contributed by atoms with Crippen LogP contribution in [0.5, 0.6) is 0 Å². The fourth-order valence-corrected chi connectivity index (χ4v) is 6.21. The first-order chi connectivity index (χ1) is 12.8. The molecule has 1 unspecified atom stereocenters. The molecule has 0 aromatic carbocycles. The smallest absolute Gasteiger partial charge is 0.226 e. The molecule has 1 aliphatic carbocycles. The molecule has 0 N–H and O–H groups in total. The predicted octanol–water partition coefficient (Wildman–Crippen LogP) is 2.73. The number of thiophene rings is 1. The Labute approximate surface area is 161 Å². The summed E-state index contributed by atoms with van der Waals surface area (Å²) >= 11 is 3.64. The zero-order valence-electron chi connectivity index (χ0n) is 14.8. The zero-order valence-corrected chi connectivity index (χ0v) is 16.4. The highest BCUT2D eigenvalue weighted by Crippen LogP contribution is 2.35. The van der Waals surface area contributed by atoms with Crippen molar-refractivity contribution in [3.8, 4) is 0 Å². The summed E-state index contributed by atoms with van der Waals surface area (Å²) in [6, 6.07) is 2.17. The van der Waals surface area contributed by atoms with Gasteiger partial charge < -0.3 is 14.5 Å². The Hall–Kier alpha value is -1.44. The molecule has 3 aliphatic rings. The maximum absolute atomic E-state index is 13.1. The number of thiazole rings is 1. The molecule has 0 saturated carbocycles. The molecule has 2 aromatic heterocycles. The number of morpholine rings is 1. The number of carbonyl (C=O) groups is 1. The first kappa shape index (κ1) is 16.7. The van der Waals surface area contributed by atoms with Gasteiger partial charge in [-0.2, -0.15) is 0 Å². The van der Waals surface area contributed by atoms with Crippen molar-refractivity contribution in [1.29, 1.82) is 0 Å². The molecule has 0 spiro atoms. The van der Waals surface area contributed by atoms with E-state index >= 15 is 0 Å². The van der Waals surface area contributed by atoms with E-state index < -0.39 is 0 Å². The van der Waals surface area contributed by atoms with Crippen molar-refractivity contribution in [3.63, 3.8) is 0 Å². The van der Waals surface area contributed by atoms with Gasteiger partial charge in [0.25, 0.3) is 0 Å². The summed E-state index contributed by atoms with van der Waals surface area (Å²) in [7, 11) is 0. The predicted molar refractivity (Wildman–Crippen MR) is 104 cm³/mol. The highest BCUT2D eigenvalue weighted by Gasteiger charge is 2.32. The number of fused-ring (bicyclic) bond motifs is 2. The van der Waals surface area contributed by atoms with Crippen molar-refractivity contribution < 1.29 is 9.53 Å². The summed E-state index contributed by atoms with van der Waals surface area (Å²) in [6.45, 7) is 5.07. The lowest BCUT2D eigenvalue weighted by Crippen LogP contribution is -2.41. The largest absolute Gasteiger partial charge is 0.378 e. The summed E-state index contributed by atoms with van der Waals surface area (Å²) in [5.41, 5.74) is 2.50. The van der Waals surface area contributed by atoms with Crippen molar-refractivity contribution in [2.75, 3.05) is 37.7 Å². The standard InChI is InChI=1S/C19H23N3O2S2/c23-18(22-5-3-16-14(12-22)4-10-25-16)13-1-2-17-15(11-13)20-19(26-17)21-6-8-24-9-7-21/h4,10,13H,1-3,5-9,11-12H2. The second kappa shape index (κ2) is 6.94. The van der Waals surface area contributed by atoms with E-state index in [1.54, 1.807) is 0 Å². The molecule has 2 aromatic rings. The molecule has 1 atom stereocenters. The number of hydrogen-bond acceptors (Lipinski definition) is 6. The van der Waals surface area contributed by atoms with Crippen LogP contribution in [0, 0.1) is 5.92 Å². The van der Waals surface area contributed by atoms with Crippen molar-refractivity contribution in [2.45, 2.75) is 32.2 Å². The van der Waals surface area contributed by atoms with Crippen molar-refractivity contribution >= 4 is 33.7 Å². The minimum atomic E-state index is 0.0994. The van der Waals surface area contributed by atoms with Crippen LogP contribution in [0.25, 0.3) is 0 Å². The van der Waals surface area contributed by atoms with Crippen LogP contribution in [-0.2, 0) is 35.3 Å². The Balaban J connectivity index is 1.28. The van der Waals surface area contributed by atoms with Gasteiger partial charge in [-0.15, -0.1) is 22.7 Å². The maximum Gasteiger partial charge on any atom is 0.226 e. The molecule has 5 nitrogen and oxygen atoms in total. The van der Waals surface area contributed by atoms with E-state index in [1.807, 2.05) is 22.7 Å². The van der Waals surface area contributed by atoms with Crippen molar-refractivity contribution in [2.24, 2.45) is 5.92 Å². The molecule has 4 heterocycles. The van der Waals surface area contributed by atoms with E-state index in [1.165, 1.54) is 15.3 Å². The van der Waals surface area contributed by atoms with Crippen LogP contribution < -0.4 is 4.90 Å². The summed E-state index contributed by atoms with van der Waals surface area (Å²) in [6.07, 6.45) is 3.77. The van der Waals surface area contributed by atoms with Gasteiger partial charge >= 0.3 is 0 Å². The third-order valence-electron chi connectivity index (χ3n) is 5.68. The monoisotopic (exact) mass is 389 g/mol. The minimum absolute atomic E-state index is 0.0994. The molecule has 5 rings (SSSR count). The molecule has 7 heteroatoms. The molecule has 1 amide bonds. The van der Waals surface area contributed by atoms with Crippen LogP contribution in [0.15, 0.2) is 11.4 Å². The SMILES string of the molecule is O=C(C1CCc2sc(N3CCOCC3)nc2C1)N1CCc2sccc2C1. The Morgan fingerprint density at radius 1 is 1.19 bits per heavy atom. The number of hydrogen-bond donors (Lipinski definition) is 0. The second-order valence-electron chi connectivity index (χ2n) is 7.28. The minimum Gasteiger partial charge on any atom is -0.378 e. The lowest BCUT2D eigenvalue weighted by Gasteiger charge is -2.31. The molecule has 138 valence electrons. The maximum atomic E-state index is 13.1. The lowest BCUT2D eigenvalue weighted by atomic mass is 9.89. The van der Waals surface area contributed by atoms with E-state index in [-0.39, 0.29) is 5.92 Å². The van der Waals surface area contributed by atoms with Crippen LogP contribution in [-0.4, -0.2) is 48.6 Å². The van der Waals surface area contributed by atoms with Gasteiger partial charge in [0.2, 0.25) is 5.91 Å². The van der Waals surface area contributed by atoms with Crippen molar-refractivity contribution in [3.05, 3.63) is 32.5 Å². The Kier molecular flexibility index (Phi) is 4.46. The number of carbonyl (C=O) groups excluding carboxylic acids is 1. The third-order valence-corrected chi connectivity index (χ3v) is 7.92. The summed E-state index contributed by atoms with van der Waals surface area (Å²) < 4.78 is 5.44. The van der Waals surface area contributed by atoms with Gasteiger partial charge in [0.1, 0.15) is 0 Å². The molecular weight excluding hydrogens is 366 g/mol. The average Bonchev–Trinajstić information content (AvgIpc) is 3.33. The topological polar surface area (TPSA) is 45.7 Å². The van der Waals surface area contributed by atoms with Crippen LogP contribution in [0.3, 0.4) is 0 Å². The Morgan fingerprint density at radius 2 is 2.08 bits per heavy atom. The Morgan fingerprint density at radius 3 is 2.96 bits per heavy atom. The van der Waals surface area contributed by atoms with Crippen LogP contribution in [0.4, 0.5) is 5.13 Å². The van der Waals surface area contributed by atoms with Gasteiger partial charge in [-0.1, -0.05) is 0 Å². The molecule has 1 saturated heterocycles. The van der Waals surface area contributed by atoms with Crippen LogP contribution in [0.1, 0.15) is 27.4 Å². The van der Waals surface area contributed by atoms with Gasteiger partial charge in [0.15, 0.2) is 5.13 Å². The fraction of sp³-hybridized carbons (Fsp3) is 0.579. The summed E-state index contributed by atoms with van der Waals surface area (Å²) in [4.78, 5) is 25.2. The normalized spacial score (nSPS) is 22.8. The van der Waals surface area contributed by atoms with Gasteiger partial charge in [0.05, 0.1) is 18.9 Å². The first-order valence-electron chi connectivity index (χ1n) is 9.43. The molecular formula is C19H23N3O2S2. The number of aromatic nitrogens is 1. The molecule has 1 fully saturated rings. The van der Waals surface area contributed by atoms with E-state index in [0.29, 0.717) is 5.91 Å². The summed E-state index contributed by atoms with van der Waals surface area (Å²) in [5.74, 6) is 0.427. The highest BCUT2D eigenvalue weighted by molar-refractivity contribution is 7.15. The van der Waals surface area contributed by atoms with E-state index in [4.69, 9.17) is 9.72 Å². The first-order valence-corrected chi connectivity index (χ1v) is 11.1. The fourth-order valence-electron chi connectivity index (χ4n) is 4.16. The third kappa shape index (κ3) is 3.06. The van der Waals surface area contributed by atoms with Gasteiger partial charge in [-0.05, 0) is 36.3 Å². The molecule has 0 radical (unpaired) electrons. The van der Waals surface area contributed by atoms with Gasteiger partial charge in [-0.3, -0.25) is 4.79 Å².